The van der Waals surface area contributed by atoms with Crippen LogP contribution < -0.4 is 20.1 Å². The van der Waals surface area contributed by atoms with E-state index >= 15 is 0 Å². The monoisotopic (exact) mass is 512 g/mol. The first-order chi connectivity index (χ1) is 17.8. The number of carbonyl (C=O) groups is 3. The van der Waals surface area contributed by atoms with E-state index in [0.717, 1.165) is 17.7 Å². The molecule has 0 aliphatic heterocycles. The summed E-state index contributed by atoms with van der Waals surface area (Å²) < 4.78 is 17.6. The number of aromatic hydroxyl groups is 1. The Morgan fingerprint density at radius 1 is 1.30 bits per heavy atom. The van der Waals surface area contributed by atoms with Gasteiger partial charge in [-0.15, -0.1) is 0 Å². The molecule has 2 amide bonds. The van der Waals surface area contributed by atoms with E-state index in [-0.39, 0.29) is 34.8 Å². The zero-order valence-electron chi connectivity index (χ0n) is 20.4. The van der Waals surface area contributed by atoms with E-state index in [1.807, 2.05) is 6.20 Å². The highest BCUT2D eigenvalue weighted by molar-refractivity contribution is 5.91. The number of ether oxygens (including phenoxy) is 3. The molecule has 1 aromatic carbocycles. The lowest BCUT2D eigenvalue weighted by molar-refractivity contribution is -0.118. The molecule has 2 aromatic heterocycles. The van der Waals surface area contributed by atoms with Crippen LogP contribution in [0, 0.1) is 0 Å². The van der Waals surface area contributed by atoms with Gasteiger partial charge in [0, 0.05) is 55.2 Å². The lowest BCUT2D eigenvalue weighted by Crippen LogP contribution is -2.27. The van der Waals surface area contributed by atoms with E-state index in [1.54, 1.807) is 24.0 Å². The molecule has 0 bridgehead atoms. The van der Waals surface area contributed by atoms with Crippen molar-refractivity contribution in [2.75, 3.05) is 19.0 Å². The van der Waals surface area contributed by atoms with E-state index in [2.05, 4.69) is 25.9 Å². The first-order valence-corrected chi connectivity index (χ1v) is 11.6. The van der Waals surface area contributed by atoms with Crippen LogP contribution in [0.4, 0.5) is 10.6 Å². The number of aromatic amines is 1. The maximum Gasteiger partial charge on any atom is 0.407 e. The van der Waals surface area contributed by atoms with Gasteiger partial charge in [-0.25, -0.2) is 4.79 Å². The number of aldehydes is 1. The van der Waals surface area contributed by atoms with E-state index in [4.69, 9.17) is 14.2 Å². The van der Waals surface area contributed by atoms with Crippen LogP contribution in [-0.2, 0) is 23.1 Å². The van der Waals surface area contributed by atoms with Gasteiger partial charge < -0.3 is 30.0 Å². The fourth-order valence-electron chi connectivity index (χ4n) is 4.14. The van der Waals surface area contributed by atoms with Crippen molar-refractivity contribution >= 4 is 24.1 Å². The molecule has 4 rings (SSSR count). The minimum absolute atomic E-state index is 0.0196. The molecular weight excluding hydrogens is 484 g/mol. The summed E-state index contributed by atoms with van der Waals surface area (Å²) in [7, 11) is 3.21. The summed E-state index contributed by atoms with van der Waals surface area (Å²) in [6.07, 6.45) is 5.38. The number of phenolic OH excluding ortho intramolecular Hbond substituents is 1. The van der Waals surface area contributed by atoms with Crippen molar-refractivity contribution in [3.8, 4) is 17.2 Å². The van der Waals surface area contributed by atoms with Gasteiger partial charge in [-0.05, 0) is 19.3 Å². The van der Waals surface area contributed by atoms with Gasteiger partial charge in [0.2, 0.25) is 0 Å². The number of anilines is 1. The largest absolute Gasteiger partial charge is 0.507 e. The Balaban J connectivity index is 1.24. The van der Waals surface area contributed by atoms with Gasteiger partial charge in [0.05, 0.1) is 18.9 Å². The minimum Gasteiger partial charge on any atom is -0.507 e. The Kier molecular flexibility index (Phi) is 7.91. The van der Waals surface area contributed by atoms with Crippen molar-refractivity contribution in [2.24, 2.45) is 7.05 Å². The number of nitrogens with one attached hydrogen (secondary N) is 3. The molecule has 13 heteroatoms. The molecule has 2 heterocycles. The SMILES string of the molecule is COc1cc(O)c(C=O)c(OCC(=O)Nc2cc([C@H]3CC[C@@H](OC(=O)NCc4cnn(C)c4)C3)[nH]n2)c1. The Labute approximate surface area is 212 Å². The molecule has 1 fully saturated rings. The number of benzene rings is 1. The maximum atomic E-state index is 12.4. The van der Waals surface area contributed by atoms with Crippen LogP contribution in [0.15, 0.2) is 30.6 Å². The van der Waals surface area contributed by atoms with Crippen molar-refractivity contribution in [3.63, 3.8) is 0 Å². The number of hydrogen-bond donors (Lipinski definition) is 4. The van der Waals surface area contributed by atoms with Crippen LogP contribution in [0.2, 0.25) is 0 Å². The number of amides is 2. The molecule has 1 aliphatic rings. The molecule has 2 atom stereocenters. The highest BCUT2D eigenvalue weighted by Gasteiger charge is 2.30. The van der Waals surface area contributed by atoms with Crippen LogP contribution in [0.5, 0.6) is 17.2 Å². The summed E-state index contributed by atoms with van der Waals surface area (Å²) in [4.78, 5) is 35.7. The van der Waals surface area contributed by atoms with Gasteiger partial charge >= 0.3 is 6.09 Å². The molecule has 196 valence electrons. The fourth-order valence-corrected chi connectivity index (χ4v) is 4.14. The van der Waals surface area contributed by atoms with E-state index in [1.165, 1.54) is 19.2 Å². The predicted molar refractivity (Wildman–Crippen MR) is 130 cm³/mol. The number of aryl methyl sites for hydroxylation is 1. The van der Waals surface area contributed by atoms with Crippen LogP contribution in [0.25, 0.3) is 0 Å². The molecule has 1 saturated carbocycles. The molecule has 0 spiro atoms. The van der Waals surface area contributed by atoms with E-state index in [0.29, 0.717) is 31.5 Å². The Hall–Kier alpha value is -4.55. The maximum absolute atomic E-state index is 12.4. The van der Waals surface area contributed by atoms with Gasteiger partial charge in [-0.1, -0.05) is 0 Å². The molecule has 0 radical (unpaired) electrons. The van der Waals surface area contributed by atoms with Gasteiger partial charge in [0.1, 0.15) is 23.4 Å². The molecule has 4 N–H and O–H groups in total. The number of hydrogen-bond acceptors (Lipinski definition) is 9. The third-order valence-electron chi connectivity index (χ3n) is 5.96. The van der Waals surface area contributed by atoms with Crippen molar-refractivity contribution in [1.29, 1.82) is 0 Å². The fraction of sp³-hybridized carbons (Fsp3) is 0.375. The highest BCUT2D eigenvalue weighted by atomic mass is 16.6. The Bertz CT molecular complexity index is 1270. The summed E-state index contributed by atoms with van der Waals surface area (Å²) in [5.41, 5.74) is 1.62. The lowest BCUT2D eigenvalue weighted by atomic mass is 10.0. The normalized spacial score (nSPS) is 16.7. The summed E-state index contributed by atoms with van der Waals surface area (Å²) in [6.45, 7) is -0.0747. The molecular formula is C24H28N6O7. The number of alkyl carbamates (subject to hydrolysis) is 1. The Morgan fingerprint density at radius 2 is 2.14 bits per heavy atom. The number of phenols is 1. The molecule has 37 heavy (non-hydrogen) atoms. The third kappa shape index (κ3) is 6.57. The van der Waals surface area contributed by atoms with Crippen molar-refractivity contribution in [2.45, 2.75) is 37.8 Å². The first-order valence-electron chi connectivity index (χ1n) is 11.6. The summed E-state index contributed by atoms with van der Waals surface area (Å²) in [6, 6.07) is 4.40. The van der Waals surface area contributed by atoms with Crippen molar-refractivity contribution < 1.29 is 33.7 Å². The van der Waals surface area contributed by atoms with E-state index < -0.39 is 18.6 Å². The average Bonchev–Trinajstić information content (AvgIpc) is 3.62. The average molecular weight is 513 g/mol. The second kappa shape index (κ2) is 11.5. The predicted octanol–water partition coefficient (Wildman–Crippen LogP) is 2.25. The van der Waals surface area contributed by atoms with Crippen LogP contribution in [-0.4, -0.2) is 63.2 Å². The van der Waals surface area contributed by atoms with Crippen molar-refractivity contribution in [1.82, 2.24) is 25.3 Å². The number of methoxy groups -OCH3 is 1. The third-order valence-corrected chi connectivity index (χ3v) is 5.96. The van der Waals surface area contributed by atoms with Crippen LogP contribution in [0.3, 0.4) is 0 Å². The van der Waals surface area contributed by atoms with Crippen LogP contribution >= 0.6 is 0 Å². The number of H-pyrrole nitrogens is 1. The number of carbonyl (C=O) groups excluding carboxylic acids is 3. The number of nitrogens with zero attached hydrogens (tertiary/aromatic N) is 3. The number of aromatic nitrogens is 4. The van der Waals surface area contributed by atoms with Gasteiger partial charge in [-0.3, -0.25) is 19.4 Å². The number of rotatable bonds is 10. The highest BCUT2D eigenvalue weighted by Crippen LogP contribution is 2.36. The van der Waals surface area contributed by atoms with E-state index in [9.17, 15) is 19.5 Å². The molecule has 0 saturated heterocycles. The first kappa shape index (κ1) is 25.5. The van der Waals surface area contributed by atoms with Gasteiger partial charge in [0.15, 0.2) is 18.7 Å². The summed E-state index contributed by atoms with van der Waals surface area (Å²) in [5.74, 6) is -0.111. The quantitative estimate of drug-likeness (QED) is 0.298. The molecule has 13 nitrogen and oxygen atoms in total. The van der Waals surface area contributed by atoms with Crippen molar-refractivity contribution in [3.05, 3.63) is 47.4 Å². The molecule has 3 aromatic rings. The summed E-state index contributed by atoms with van der Waals surface area (Å²) in [5, 5.41) is 26.4. The molecule has 1 aliphatic carbocycles. The smallest absolute Gasteiger partial charge is 0.407 e. The minimum atomic E-state index is -0.505. The van der Waals surface area contributed by atoms with Gasteiger partial charge in [-0.2, -0.15) is 10.2 Å². The van der Waals surface area contributed by atoms with Gasteiger partial charge in [0.25, 0.3) is 5.91 Å². The second-order valence-electron chi connectivity index (χ2n) is 8.63. The second-order valence-corrected chi connectivity index (χ2v) is 8.63. The lowest BCUT2D eigenvalue weighted by Gasteiger charge is -2.12. The zero-order chi connectivity index (χ0) is 26.4. The topological polar surface area (TPSA) is 170 Å². The Morgan fingerprint density at radius 3 is 2.86 bits per heavy atom. The zero-order valence-corrected chi connectivity index (χ0v) is 20.4. The summed E-state index contributed by atoms with van der Waals surface area (Å²) >= 11 is 0. The molecule has 0 unspecified atom stereocenters. The standard InChI is InChI=1S/C24H28N6O7/c1-30-11-14(10-26-30)9-25-24(34)37-16-4-3-15(5-16)19-8-22(29-28-19)27-23(33)13-36-21-7-17(35-2)6-20(32)18(21)12-31/h6-8,10-12,15-16,32H,3-5,9,13H2,1-2H3,(H,25,34)(H2,27,28,29,33)/t15-,16+/m0/s1. The van der Waals surface area contributed by atoms with Crippen LogP contribution in [0.1, 0.15) is 46.8 Å².